The highest BCUT2D eigenvalue weighted by Crippen LogP contribution is 2.50. The summed E-state index contributed by atoms with van der Waals surface area (Å²) in [4.78, 5) is 0. The van der Waals surface area contributed by atoms with E-state index in [0.29, 0.717) is 6.42 Å². The van der Waals surface area contributed by atoms with Gasteiger partial charge in [-0.2, -0.15) is 0 Å². The van der Waals surface area contributed by atoms with E-state index in [1.165, 1.54) is 0 Å². The zero-order chi connectivity index (χ0) is 20.3. The summed E-state index contributed by atoms with van der Waals surface area (Å²) in [6.07, 6.45) is -0.627. The molecule has 4 unspecified atom stereocenters. The van der Waals surface area contributed by atoms with E-state index in [-0.39, 0.29) is 17.1 Å². The molecule has 0 bridgehead atoms. The first-order valence-electron chi connectivity index (χ1n) is 9.51. The maximum atomic E-state index is 10.4. The maximum absolute atomic E-state index is 10.4. The Balaban J connectivity index is 2.27. The molecule has 2 fully saturated rings. The van der Waals surface area contributed by atoms with Crippen molar-refractivity contribution in [3.8, 4) is 0 Å². The van der Waals surface area contributed by atoms with Crippen LogP contribution in [-0.4, -0.2) is 48.5 Å². The molecular weight excluding hydrogens is 415 g/mol. The smallest absolute Gasteiger partial charge is 0.413 e. The van der Waals surface area contributed by atoms with Crippen molar-refractivity contribution >= 4 is 31.4 Å². The third-order valence-electron chi connectivity index (χ3n) is 6.76. The lowest BCUT2D eigenvalue weighted by Gasteiger charge is -2.49. The minimum absolute atomic E-state index is 0.0604. The first-order chi connectivity index (χ1) is 11.4. The zero-order valence-electron chi connectivity index (χ0n) is 18.0. The zero-order valence-corrected chi connectivity index (χ0v) is 20.6. The highest BCUT2D eigenvalue weighted by Gasteiger charge is 2.65. The van der Waals surface area contributed by atoms with Gasteiger partial charge in [0.05, 0.1) is 17.3 Å². The molecule has 4 atom stereocenters. The first-order valence-corrected chi connectivity index (χ1v) is 13.2. The Morgan fingerprint density at radius 3 is 2.00 bits per heavy atom. The number of hydrogen-bond acceptors (Lipinski definition) is 5. The van der Waals surface area contributed by atoms with Gasteiger partial charge in [-0.3, -0.25) is 0 Å². The molecule has 1 N–H and O–H groups in total. The normalized spacial score (nSPS) is 37.8. The van der Waals surface area contributed by atoms with Crippen molar-refractivity contribution in [3.05, 3.63) is 0 Å². The Bertz CT molecular complexity index is 520. The summed E-state index contributed by atoms with van der Waals surface area (Å²) < 4.78 is 24.1. The van der Waals surface area contributed by atoms with E-state index in [4.69, 9.17) is 18.5 Å². The predicted molar refractivity (Wildman–Crippen MR) is 111 cm³/mol. The van der Waals surface area contributed by atoms with Crippen LogP contribution in [0.15, 0.2) is 0 Å². The SMILES string of the molecule is CC1C(O[Si](C)(C)C(C)(C)C)CC(O)OC1(Br)B1OC(C)(C)C(C)(C)O1. The Morgan fingerprint density at radius 1 is 1.12 bits per heavy atom. The molecule has 2 aliphatic rings. The Hall–Kier alpha value is 0.562. The topological polar surface area (TPSA) is 57.2 Å². The molecule has 2 saturated heterocycles. The summed E-state index contributed by atoms with van der Waals surface area (Å²) in [6.45, 7) is 21.2. The fourth-order valence-corrected chi connectivity index (χ4v) is 5.11. The van der Waals surface area contributed by atoms with Gasteiger partial charge in [0, 0.05) is 12.3 Å². The van der Waals surface area contributed by atoms with Crippen LogP contribution in [0.3, 0.4) is 0 Å². The molecule has 5 nitrogen and oxygen atoms in total. The fraction of sp³-hybridized carbons (Fsp3) is 1.00. The van der Waals surface area contributed by atoms with Crippen molar-refractivity contribution in [2.45, 2.75) is 108 Å². The van der Waals surface area contributed by atoms with Gasteiger partial charge >= 0.3 is 7.12 Å². The van der Waals surface area contributed by atoms with Crippen molar-refractivity contribution in [3.63, 3.8) is 0 Å². The van der Waals surface area contributed by atoms with Gasteiger partial charge in [-0.25, -0.2) is 0 Å². The molecular formula is C18H36BBrO5Si. The van der Waals surface area contributed by atoms with Crippen LogP contribution >= 0.6 is 15.9 Å². The number of aliphatic hydroxyl groups is 1. The standard InChI is InChI=1S/C18H36BBrO5Si/c1-12-13(23-26(9,10)15(2,3)4)11-14(21)22-18(12,20)19-24-16(5,6)17(7,8)25-19/h12-14,21H,11H2,1-10H3. The molecule has 26 heavy (non-hydrogen) atoms. The Morgan fingerprint density at radius 2 is 1.58 bits per heavy atom. The molecule has 2 rings (SSSR count). The molecule has 152 valence electrons. The molecule has 0 radical (unpaired) electrons. The molecule has 2 aliphatic heterocycles. The van der Waals surface area contributed by atoms with Crippen LogP contribution in [0.4, 0.5) is 0 Å². The summed E-state index contributed by atoms with van der Waals surface area (Å²) in [6, 6.07) is 0. The van der Waals surface area contributed by atoms with Crippen LogP contribution in [0.25, 0.3) is 0 Å². The molecule has 0 spiro atoms. The van der Waals surface area contributed by atoms with Gasteiger partial charge < -0.3 is 23.6 Å². The Labute approximate surface area is 168 Å². The van der Waals surface area contributed by atoms with Gasteiger partial charge in [0.15, 0.2) is 19.0 Å². The van der Waals surface area contributed by atoms with E-state index >= 15 is 0 Å². The van der Waals surface area contributed by atoms with E-state index in [9.17, 15) is 5.11 Å². The summed E-state index contributed by atoms with van der Waals surface area (Å²) in [7, 11) is -2.63. The van der Waals surface area contributed by atoms with E-state index in [1.54, 1.807) is 0 Å². The molecule has 8 heteroatoms. The second-order valence-electron chi connectivity index (χ2n) is 10.3. The van der Waals surface area contributed by atoms with Gasteiger partial charge in [0.2, 0.25) is 0 Å². The molecule has 0 aliphatic carbocycles. The van der Waals surface area contributed by atoms with Gasteiger partial charge in [-0.05, 0) is 45.8 Å². The summed E-state index contributed by atoms with van der Waals surface area (Å²) in [5.74, 6) is -0.0604. The van der Waals surface area contributed by atoms with Crippen LogP contribution in [0.2, 0.25) is 18.1 Å². The van der Waals surface area contributed by atoms with Crippen molar-refractivity contribution in [1.82, 2.24) is 0 Å². The Kier molecular flexibility index (Phi) is 5.99. The number of aliphatic hydroxyl groups excluding tert-OH is 1. The molecule has 2 heterocycles. The third kappa shape index (κ3) is 3.98. The average Bonchev–Trinajstić information content (AvgIpc) is 2.63. The largest absolute Gasteiger partial charge is 0.504 e. The molecule has 0 aromatic rings. The highest BCUT2D eigenvalue weighted by molar-refractivity contribution is 9.10. The van der Waals surface area contributed by atoms with Gasteiger partial charge in [0.1, 0.15) is 0 Å². The first kappa shape index (κ1) is 22.8. The van der Waals surface area contributed by atoms with Crippen LogP contribution < -0.4 is 0 Å². The van der Waals surface area contributed by atoms with Crippen molar-refractivity contribution in [2.75, 3.05) is 0 Å². The van der Waals surface area contributed by atoms with Crippen LogP contribution in [0.1, 0.15) is 61.8 Å². The average molecular weight is 451 g/mol. The third-order valence-corrected chi connectivity index (χ3v) is 12.5. The second kappa shape index (κ2) is 6.82. The van der Waals surface area contributed by atoms with E-state index in [2.05, 4.69) is 56.7 Å². The van der Waals surface area contributed by atoms with Crippen molar-refractivity contribution < 1.29 is 23.6 Å². The fourth-order valence-electron chi connectivity index (χ4n) is 3.00. The van der Waals surface area contributed by atoms with Gasteiger partial charge in [-0.1, -0.05) is 43.6 Å². The lowest BCUT2D eigenvalue weighted by atomic mass is 9.70. The number of rotatable bonds is 3. The number of hydrogen-bond donors (Lipinski definition) is 1. The summed E-state index contributed by atoms with van der Waals surface area (Å²) in [5, 5.41) is 10.5. The van der Waals surface area contributed by atoms with Crippen molar-refractivity contribution in [2.24, 2.45) is 5.92 Å². The monoisotopic (exact) mass is 450 g/mol. The molecule has 0 saturated carbocycles. The quantitative estimate of drug-likeness (QED) is 0.507. The predicted octanol–water partition coefficient (Wildman–Crippen LogP) is 4.47. The number of ether oxygens (including phenoxy) is 1. The minimum Gasteiger partial charge on any atom is -0.413 e. The second-order valence-corrected chi connectivity index (χ2v) is 16.3. The molecule has 0 amide bonds. The van der Waals surface area contributed by atoms with Gasteiger partial charge in [0.25, 0.3) is 0 Å². The summed E-state index contributed by atoms with van der Waals surface area (Å²) >= 11 is 3.73. The van der Waals surface area contributed by atoms with Crippen LogP contribution in [0.5, 0.6) is 0 Å². The van der Waals surface area contributed by atoms with E-state index in [1.807, 2.05) is 27.7 Å². The van der Waals surface area contributed by atoms with Crippen LogP contribution in [0, 0.1) is 5.92 Å². The molecule has 0 aromatic carbocycles. The van der Waals surface area contributed by atoms with Gasteiger partial charge in [-0.15, -0.1) is 0 Å². The van der Waals surface area contributed by atoms with Crippen molar-refractivity contribution in [1.29, 1.82) is 0 Å². The minimum atomic E-state index is -1.99. The highest BCUT2D eigenvalue weighted by atomic mass is 79.9. The van der Waals surface area contributed by atoms with Crippen LogP contribution in [-0.2, 0) is 18.5 Å². The van der Waals surface area contributed by atoms with E-state index in [0.717, 1.165) is 0 Å². The number of halogens is 1. The lowest BCUT2D eigenvalue weighted by Crippen LogP contribution is -2.61. The maximum Gasteiger partial charge on any atom is 0.504 e. The summed E-state index contributed by atoms with van der Waals surface area (Å²) in [5.41, 5.74) is -0.945. The number of alkyl halides is 1. The van der Waals surface area contributed by atoms with E-state index < -0.39 is 37.3 Å². The molecule has 0 aromatic heterocycles. The lowest BCUT2D eigenvalue weighted by molar-refractivity contribution is -0.202.